The Hall–Kier alpha value is -1.70. The second-order valence-corrected chi connectivity index (χ2v) is 9.10. The zero-order valence-electron chi connectivity index (χ0n) is 15.7. The Bertz CT molecular complexity index is 749. The van der Waals surface area contributed by atoms with Crippen LogP contribution in [0.25, 0.3) is 6.08 Å². The van der Waals surface area contributed by atoms with Crippen LogP contribution in [-0.4, -0.2) is 50.5 Å². The van der Waals surface area contributed by atoms with Gasteiger partial charge >= 0.3 is 0 Å². The van der Waals surface area contributed by atoms with Crippen molar-refractivity contribution in [3.63, 3.8) is 0 Å². The van der Waals surface area contributed by atoms with E-state index in [2.05, 4.69) is 5.32 Å². The average molecular weight is 393 g/mol. The van der Waals surface area contributed by atoms with Crippen LogP contribution in [0.2, 0.25) is 0 Å². The van der Waals surface area contributed by atoms with Gasteiger partial charge in [-0.25, -0.2) is 8.42 Å². The largest absolute Gasteiger partial charge is 0.376 e. The third kappa shape index (κ3) is 5.40. The number of hydrogen-bond donors (Lipinski definition) is 1. The molecule has 2 unspecified atom stereocenters. The van der Waals surface area contributed by atoms with Gasteiger partial charge in [0.1, 0.15) is 0 Å². The molecule has 2 fully saturated rings. The number of ether oxygens (including phenoxy) is 1. The third-order valence-electron chi connectivity index (χ3n) is 5.31. The second kappa shape index (κ2) is 8.99. The third-order valence-corrected chi connectivity index (χ3v) is 6.87. The second-order valence-electron chi connectivity index (χ2n) is 7.28. The molecule has 1 N–H and O–H groups in total. The molecule has 0 aliphatic carbocycles. The van der Waals surface area contributed by atoms with Crippen molar-refractivity contribution < 1.29 is 17.9 Å². The van der Waals surface area contributed by atoms with E-state index < -0.39 is 10.0 Å². The topological polar surface area (TPSA) is 75.7 Å². The van der Waals surface area contributed by atoms with Gasteiger partial charge in [0.25, 0.3) is 0 Å². The van der Waals surface area contributed by atoms with E-state index in [9.17, 15) is 13.2 Å². The van der Waals surface area contributed by atoms with Crippen molar-refractivity contribution >= 4 is 22.0 Å². The summed E-state index contributed by atoms with van der Waals surface area (Å²) in [5.41, 5.74) is 0.846. The maximum atomic E-state index is 12.5. The fourth-order valence-corrected chi connectivity index (χ4v) is 4.84. The molecule has 6 nitrogen and oxygen atoms in total. The summed E-state index contributed by atoms with van der Waals surface area (Å²) in [6, 6.07) is 9.34. The maximum Gasteiger partial charge on any atom is 0.236 e. The molecule has 27 heavy (non-hydrogen) atoms. The summed E-state index contributed by atoms with van der Waals surface area (Å²) < 4.78 is 32.1. The molecule has 0 bridgehead atoms. The first-order valence-corrected chi connectivity index (χ1v) is 11.1. The van der Waals surface area contributed by atoms with Crippen LogP contribution in [0.1, 0.15) is 38.2 Å². The average Bonchev–Trinajstić information content (AvgIpc) is 3.22. The molecule has 7 heteroatoms. The van der Waals surface area contributed by atoms with Crippen molar-refractivity contribution in [1.29, 1.82) is 0 Å². The highest BCUT2D eigenvalue weighted by atomic mass is 32.2. The SMILES string of the molecule is CC(NC(=O)C1CCN(S(=O)(=O)/C=C/c2ccccc2)CC1)C1CCCO1. The van der Waals surface area contributed by atoms with Crippen LogP contribution in [0.3, 0.4) is 0 Å². The molecule has 2 saturated heterocycles. The lowest BCUT2D eigenvalue weighted by Gasteiger charge is -2.31. The number of rotatable bonds is 6. The maximum absolute atomic E-state index is 12.5. The molecule has 0 aromatic heterocycles. The molecule has 0 radical (unpaired) electrons. The standard InChI is InChI=1S/C20H28N2O4S/c1-16(19-8-5-14-26-19)21-20(23)18-9-12-22(13-10-18)27(24,25)15-11-17-6-3-2-4-7-17/h2-4,6-7,11,15-16,18-19H,5,8-10,12-14H2,1H3,(H,21,23)/b15-11+. The zero-order valence-corrected chi connectivity index (χ0v) is 16.5. The molecule has 3 rings (SSSR count). The Kier molecular flexibility index (Phi) is 6.68. The smallest absolute Gasteiger partial charge is 0.236 e. The van der Waals surface area contributed by atoms with Gasteiger partial charge in [-0.3, -0.25) is 4.79 Å². The van der Waals surface area contributed by atoms with E-state index in [1.54, 1.807) is 6.08 Å². The van der Waals surface area contributed by atoms with Crippen LogP contribution in [0.15, 0.2) is 35.7 Å². The minimum absolute atomic E-state index is 0.00410. The molecular formula is C20H28N2O4S. The molecule has 0 saturated carbocycles. The Morgan fingerprint density at radius 3 is 2.56 bits per heavy atom. The lowest BCUT2D eigenvalue weighted by atomic mass is 9.96. The van der Waals surface area contributed by atoms with Crippen LogP contribution < -0.4 is 5.32 Å². The molecule has 148 valence electrons. The van der Waals surface area contributed by atoms with Gasteiger partial charge in [-0.05, 0) is 44.2 Å². The molecule has 1 aromatic rings. The predicted octanol–water partition coefficient (Wildman–Crippen LogP) is 2.38. The Morgan fingerprint density at radius 1 is 1.22 bits per heavy atom. The Morgan fingerprint density at radius 2 is 1.93 bits per heavy atom. The van der Waals surface area contributed by atoms with E-state index >= 15 is 0 Å². The van der Waals surface area contributed by atoms with E-state index in [-0.39, 0.29) is 24.0 Å². The fraction of sp³-hybridized carbons (Fsp3) is 0.550. The molecule has 0 spiro atoms. The number of hydrogen-bond acceptors (Lipinski definition) is 4. The number of carbonyl (C=O) groups is 1. The fourth-order valence-electron chi connectivity index (χ4n) is 3.62. The van der Waals surface area contributed by atoms with Crippen molar-refractivity contribution in [3.8, 4) is 0 Å². The number of benzene rings is 1. The minimum atomic E-state index is -3.47. The number of sulfonamides is 1. The summed E-state index contributed by atoms with van der Waals surface area (Å²) in [6.07, 6.45) is 4.81. The molecule has 1 amide bonds. The van der Waals surface area contributed by atoms with Crippen LogP contribution in [0, 0.1) is 5.92 Å². The van der Waals surface area contributed by atoms with Gasteiger partial charge in [0, 0.05) is 31.0 Å². The van der Waals surface area contributed by atoms with Crippen molar-refractivity contribution in [2.75, 3.05) is 19.7 Å². The Balaban J connectivity index is 1.50. The van der Waals surface area contributed by atoms with Gasteiger partial charge in [0.15, 0.2) is 0 Å². The lowest BCUT2D eigenvalue weighted by molar-refractivity contribution is -0.127. The van der Waals surface area contributed by atoms with Crippen molar-refractivity contribution in [3.05, 3.63) is 41.3 Å². The summed E-state index contributed by atoms with van der Waals surface area (Å²) in [4.78, 5) is 12.5. The Labute approximate surface area is 161 Å². The van der Waals surface area contributed by atoms with E-state index in [1.165, 1.54) is 9.71 Å². The zero-order chi connectivity index (χ0) is 19.3. The summed E-state index contributed by atoms with van der Waals surface area (Å²) in [5.74, 6) is -0.131. The predicted molar refractivity (Wildman–Crippen MR) is 105 cm³/mol. The van der Waals surface area contributed by atoms with Gasteiger partial charge in [-0.15, -0.1) is 0 Å². The number of nitrogens with zero attached hydrogens (tertiary/aromatic N) is 1. The summed E-state index contributed by atoms with van der Waals surface area (Å²) >= 11 is 0. The number of piperidine rings is 1. The molecule has 1 aromatic carbocycles. The van der Waals surface area contributed by atoms with E-state index in [1.807, 2.05) is 37.3 Å². The number of amides is 1. The van der Waals surface area contributed by atoms with Crippen molar-refractivity contribution in [1.82, 2.24) is 9.62 Å². The highest BCUT2D eigenvalue weighted by Gasteiger charge is 2.32. The van der Waals surface area contributed by atoms with Crippen LogP contribution in [0.4, 0.5) is 0 Å². The molecule has 2 heterocycles. The first-order valence-electron chi connectivity index (χ1n) is 9.61. The van der Waals surface area contributed by atoms with Crippen molar-refractivity contribution in [2.45, 2.75) is 44.8 Å². The minimum Gasteiger partial charge on any atom is -0.376 e. The molecule has 2 aliphatic heterocycles. The van der Waals surface area contributed by atoms with Gasteiger partial charge < -0.3 is 10.1 Å². The summed E-state index contributed by atoms with van der Waals surface area (Å²) in [7, 11) is -3.47. The first-order chi connectivity index (χ1) is 13.0. The molecular weight excluding hydrogens is 364 g/mol. The molecule has 2 atom stereocenters. The quantitative estimate of drug-likeness (QED) is 0.807. The number of carbonyl (C=O) groups excluding carboxylic acids is 1. The highest BCUT2D eigenvalue weighted by molar-refractivity contribution is 7.92. The summed E-state index contributed by atoms with van der Waals surface area (Å²) in [6.45, 7) is 3.47. The van der Waals surface area contributed by atoms with E-state index in [4.69, 9.17) is 4.74 Å². The van der Waals surface area contributed by atoms with Crippen LogP contribution >= 0.6 is 0 Å². The van der Waals surface area contributed by atoms with Gasteiger partial charge in [0.05, 0.1) is 12.1 Å². The van der Waals surface area contributed by atoms with Crippen LogP contribution in [-0.2, 0) is 19.6 Å². The molecule has 2 aliphatic rings. The normalized spacial score (nSPS) is 23.5. The van der Waals surface area contributed by atoms with Crippen LogP contribution in [0.5, 0.6) is 0 Å². The highest BCUT2D eigenvalue weighted by Crippen LogP contribution is 2.22. The van der Waals surface area contributed by atoms with Crippen molar-refractivity contribution in [2.24, 2.45) is 5.92 Å². The monoisotopic (exact) mass is 392 g/mol. The van der Waals surface area contributed by atoms with Gasteiger partial charge in [-0.2, -0.15) is 4.31 Å². The summed E-state index contributed by atoms with van der Waals surface area (Å²) in [5, 5.41) is 4.30. The van der Waals surface area contributed by atoms with E-state index in [0.717, 1.165) is 25.0 Å². The lowest BCUT2D eigenvalue weighted by Crippen LogP contribution is -2.47. The first kappa shape index (κ1) is 20.0. The van der Waals surface area contributed by atoms with E-state index in [0.29, 0.717) is 25.9 Å². The van der Waals surface area contributed by atoms with Gasteiger partial charge in [0.2, 0.25) is 15.9 Å². The van der Waals surface area contributed by atoms with Gasteiger partial charge in [-0.1, -0.05) is 30.3 Å². The number of nitrogens with one attached hydrogen (secondary N) is 1.